The van der Waals surface area contributed by atoms with Gasteiger partial charge in [-0.25, -0.2) is 0 Å². The zero-order valence-electron chi connectivity index (χ0n) is 15.7. The van der Waals surface area contributed by atoms with E-state index in [1.54, 1.807) is 23.4 Å². The zero-order valence-corrected chi connectivity index (χ0v) is 15.7. The van der Waals surface area contributed by atoms with Crippen LogP contribution in [0.5, 0.6) is 5.75 Å². The molecule has 1 aromatic heterocycles. The molecule has 6 heteroatoms. The van der Waals surface area contributed by atoms with Crippen LogP contribution in [0.4, 0.5) is 0 Å². The number of rotatable bonds is 9. The summed E-state index contributed by atoms with van der Waals surface area (Å²) in [6, 6.07) is 11.2. The van der Waals surface area contributed by atoms with E-state index in [-0.39, 0.29) is 18.4 Å². The van der Waals surface area contributed by atoms with Crippen LogP contribution in [-0.2, 0) is 16.2 Å². The standard InChI is InChI=1S/C21H25N3O3/c1-3-24(4-2)21(26)15-23-20(25)12-9-17-7-10-19(11-8-17)27-16-18-6-5-13-22-14-18/h5-14H,3-4,15-16H2,1-2H3,(H,23,25)/b12-9+. The van der Waals surface area contributed by atoms with Gasteiger partial charge in [0.2, 0.25) is 11.8 Å². The Kier molecular flexibility index (Phi) is 8.03. The summed E-state index contributed by atoms with van der Waals surface area (Å²) >= 11 is 0. The van der Waals surface area contributed by atoms with Gasteiger partial charge in [-0.05, 0) is 43.7 Å². The van der Waals surface area contributed by atoms with Gasteiger partial charge in [-0.3, -0.25) is 14.6 Å². The lowest BCUT2D eigenvalue weighted by molar-refractivity contribution is -0.131. The third-order valence-electron chi connectivity index (χ3n) is 3.97. The molecule has 1 aromatic carbocycles. The fourth-order valence-corrected chi connectivity index (χ4v) is 2.41. The van der Waals surface area contributed by atoms with Crippen LogP contribution in [0.2, 0.25) is 0 Å². The fourth-order valence-electron chi connectivity index (χ4n) is 2.41. The quantitative estimate of drug-likeness (QED) is 0.692. The highest BCUT2D eigenvalue weighted by Crippen LogP contribution is 2.14. The number of carbonyl (C=O) groups is 2. The molecule has 6 nitrogen and oxygen atoms in total. The van der Waals surface area contributed by atoms with Crippen molar-refractivity contribution in [2.24, 2.45) is 0 Å². The van der Waals surface area contributed by atoms with Crippen LogP contribution in [0.15, 0.2) is 54.9 Å². The van der Waals surface area contributed by atoms with E-state index in [0.717, 1.165) is 16.9 Å². The minimum atomic E-state index is -0.299. The Morgan fingerprint density at radius 3 is 2.52 bits per heavy atom. The number of amides is 2. The Hall–Kier alpha value is -3.15. The first kappa shape index (κ1) is 20.2. The van der Waals surface area contributed by atoms with Crippen LogP contribution in [0.1, 0.15) is 25.0 Å². The molecule has 27 heavy (non-hydrogen) atoms. The summed E-state index contributed by atoms with van der Waals surface area (Å²) in [5.74, 6) is 0.356. The fraction of sp³-hybridized carbons (Fsp3) is 0.286. The third kappa shape index (κ3) is 6.93. The molecule has 142 valence electrons. The molecule has 0 aliphatic rings. The van der Waals surface area contributed by atoms with Gasteiger partial charge in [-0.2, -0.15) is 0 Å². The number of carbonyl (C=O) groups excluding carboxylic acids is 2. The van der Waals surface area contributed by atoms with E-state index in [1.807, 2.05) is 50.2 Å². The number of nitrogens with one attached hydrogen (secondary N) is 1. The van der Waals surface area contributed by atoms with Gasteiger partial charge in [-0.15, -0.1) is 0 Å². The van der Waals surface area contributed by atoms with E-state index in [1.165, 1.54) is 6.08 Å². The first-order valence-corrected chi connectivity index (χ1v) is 8.97. The Bertz CT molecular complexity index is 754. The molecule has 0 bridgehead atoms. The smallest absolute Gasteiger partial charge is 0.244 e. The van der Waals surface area contributed by atoms with Crippen molar-refractivity contribution < 1.29 is 14.3 Å². The first-order valence-electron chi connectivity index (χ1n) is 8.97. The molecule has 0 radical (unpaired) electrons. The summed E-state index contributed by atoms with van der Waals surface area (Å²) in [6.07, 6.45) is 6.60. The van der Waals surface area contributed by atoms with E-state index >= 15 is 0 Å². The molecular formula is C21H25N3O3. The van der Waals surface area contributed by atoms with E-state index in [0.29, 0.717) is 19.7 Å². The number of benzene rings is 1. The topological polar surface area (TPSA) is 71.5 Å². The number of aromatic nitrogens is 1. The van der Waals surface area contributed by atoms with Crippen molar-refractivity contribution in [1.29, 1.82) is 0 Å². The maximum Gasteiger partial charge on any atom is 0.244 e. The van der Waals surface area contributed by atoms with Gasteiger partial charge in [0.25, 0.3) is 0 Å². The van der Waals surface area contributed by atoms with Gasteiger partial charge in [0.05, 0.1) is 6.54 Å². The van der Waals surface area contributed by atoms with Crippen molar-refractivity contribution in [3.63, 3.8) is 0 Å². The molecule has 0 aliphatic carbocycles. The Balaban J connectivity index is 1.79. The second-order valence-corrected chi connectivity index (χ2v) is 5.84. The molecule has 0 aliphatic heterocycles. The monoisotopic (exact) mass is 367 g/mol. The second kappa shape index (κ2) is 10.8. The number of ether oxygens (including phenoxy) is 1. The molecule has 0 saturated carbocycles. The highest BCUT2D eigenvalue weighted by atomic mass is 16.5. The van der Waals surface area contributed by atoms with E-state index in [2.05, 4.69) is 10.3 Å². The van der Waals surface area contributed by atoms with Crippen molar-refractivity contribution in [3.05, 3.63) is 66.0 Å². The van der Waals surface area contributed by atoms with Crippen molar-refractivity contribution in [1.82, 2.24) is 15.2 Å². The highest BCUT2D eigenvalue weighted by Gasteiger charge is 2.09. The summed E-state index contributed by atoms with van der Waals surface area (Å²) < 4.78 is 5.70. The molecule has 0 atom stereocenters. The van der Waals surface area contributed by atoms with Gasteiger partial charge < -0.3 is 15.0 Å². The number of nitrogens with zero attached hydrogens (tertiary/aromatic N) is 2. The van der Waals surface area contributed by atoms with Gasteiger partial charge >= 0.3 is 0 Å². The summed E-state index contributed by atoms with van der Waals surface area (Å²) in [5, 5.41) is 2.60. The molecule has 0 spiro atoms. The van der Waals surface area contributed by atoms with E-state index in [9.17, 15) is 9.59 Å². The van der Waals surface area contributed by atoms with Crippen LogP contribution < -0.4 is 10.1 Å². The number of hydrogen-bond acceptors (Lipinski definition) is 4. The lowest BCUT2D eigenvalue weighted by atomic mass is 10.2. The van der Waals surface area contributed by atoms with Gasteiger partial charge in [0, 0.05) is 37.1 Å². The molecule has 2 rings (SSSR count). The predicted molar refractivity (Wildman–Crippen MR) is 105 cm³/mol. The van der Waals surface area contributed by atoms with Crippen molar-refractivity contribution in [2.75, 3.05) is 19.6 Å². The van der Waals surface area contributed by atoms with E-state index in [4.69, 9.17) is 4.74 Å². The molecule has 0 fully saturated rings. The molecule has 2 amide bonds. The van der Waals surface area contributed by atoms with Gasteiger partial charge in [0.1, 0.15) is 12.4 Å². The maximum absolute atomic E-state index is 11.9. The summed E-state index contributed by atoms with van der Waals surface area (Å²) in [7, 11) is 0. The van der Waals surface area contributed by atoms with Gasteiger partial charge in [0.15, 0.2) is 0 Å². The second-order valence-electron chi connectivity index (χ2n) is 5.84. The van der Waals surface area contributed by atoms with Crippen molar-refractivity contribution >= 4 is 17.9 Å². The lowest BCUT2D eigenvalue weighted by Gasteiger charge is -2.18. The third-order valence-corrected chi connectivity index (χ3v) is 3.97. The van der Waals surface area contributed by atoms with Crippen molar-refractivity contribution in [3.8, 4) is 5.75 Å². The molecular weight excluding hydrogens is 342 g/mol. The number of hydrogen-bond donors (Lipinski definition) is 1. The summed E-state index contributed by atoms with van der Waals surface area (Å²) in [6.45, 7) is 5.55. The lowest BCUT2D eigenvalue weighted by Crippen LogP contribution is -2.39. The Morgan fingerprint density at radius 1 is 1.15 bits per heavy atom. The molecule has 0 unspecified atom stereocenters. The molecule has 1 N–H and O–H groups in total. The Morgan fingerprint density at radius 2 is 1.89 bits per heavy atom. The van der Waals surface area contributed by atoms with Crippen LogP contribution >= 0.6 is 0 Å². The van der Waals surface area contributed by atoms with Crippen LogP contribution in [0.25, 0.3) is 6.08 Å². The van der Waals surface area contributed by atoms with Crippen LogP contribution in [0, 0.1) is 0 Å². The molecule has 0 saturated heterocycles. The average molecular weight is 367 g/mol. The molecule has 2 aromatic rings. The van der Waals surface area contributed by atoms with Crippen LogP contribution in [0.3, 0.4) is 0 Å². The Labute approximate surface area is 159 Å². The number of likely N-dealkylation sites (N-methyl/N-ethyl adjacent to an activating group) is 1. The maximum atomic E-state index is 11.9. The van der Waals surface area contributed by atoms with Gasteiger partial charge in [-0.1, -0.05) is 18.2 Å². The SMILES string of the molecule is CCN(CC)C(=O)CNC(=O)/C=C/c1ccc(OCc2cccnc2)cc1. The van der Waals surface area contributed by atoms with Crippen molar-refractivity contribution in [2.45, 2.75) is 20.5 Å². The number of pyridine rings is 1. The minimum Gasteiger partial charge on any atom is -0.489 e. The normalized spacial score (nSPS) is 10.6. The predicted octanol–water partition coefficient (Wildman–Crippen LogP) is 2.66. The first-order chi connectivity index (χ1) is 13.1. The average Bonchev–Trinajstić information content (AvgIpc) is 2.71. The molecule has 1 heterocycles. The van der Waals surface area contributed by atoms with E-state index < -0.39 is 0 Å². The summed E-state index contributed by atoms with van der Waals surface area (Å²) in [4.78, 5) is 29.4. The van der Waals surface area contributed by atoms with Crippen LogP contribution in [-0.4, -0.2) is 41.3 Å². The minimum absolute atomic E-state index is 0.00593. The largest absolute Gasteiger partial charge is 0.489 e. The summed E-state index contributed by atoms with van der Waals surface area (Å²) in [5.41, 5.74) is 1.87. The highest BCUT2D eigenvalue weighted by molar-refractivity contribution is 5.94. The zero-order chi connectivity index (χ0) is 19.5.